The fourth-order valence-corrected chi connectivity index (χ4v) is 4.04. The summed E-state index contributed by atoms with van der Waals surface area (Å²) in [4.78, 5) is 33.1. The van der Waals surface area contributed by atoms with Gasteiger partial charge in [-0.15, -0.1) is 0 Å². The predicted octanol–water partition coefficient (Wildman–Crippen LogP) is 4.23. The second-order valence-electron chi connectivity index (χ2n) is 8.27. The largest absolute Gasteiger partial charge is 0.453 e. The van der Waals surface area contributed by atoms with E-state index in [-0.39, 0.29) is 51.2 Å². The SMILES string of the molecule is CCOC(=O)N[C@]1(C)C(=O)Nc2nc(-c3nn(CCC(F)(F)C(F)(F)F)c4cc(Cl)ccc34)nc(N)c21. The average molecular weight is 548 g/mol. The lowest BCUT2D eigenvalue weighted by atomic mass is 9.95. The van der Waals surface area contributed by atoms with Crippen molar-refractivity contribution in [1.82, 2.24) is 25.1 Å². The Balaban J connectivity index is 1.77. The number of nitrogens with two attached hydrogens (primary N) is 1. The number of hydrogen-bond donors (Lipinski definition) is 3. The van der Waals surface area contributed by atoms with Gasteiger partial charge in [-0.05, 0) is 32.0 Å². The zero-order valence-electron chi connectivity index (χ0n) is 19.2. The van der Waals surface area contributed by atoms with Gasteiger partial charge in [0.15, 0.2) is 11.4 Å². The van der Waals surface area contributed by atoms with Crippen LogP contribution in [0.15, 0.2) is 18.2 Å². The van der Waals surface area contributed by atoms with E-state index in [9.17, 15) is 31.5 Å². The van der Waals surface area contributed by atoms with Crippen LogP contribution in [0.4, 0.5) is 38.4 Å². The Morgan fingerprint density at radius 3 is 2.62 bits per heavy atom. The third-order valence-electron chi connectivity index (χ3n) is 5.73. The van der Waals surface area contributed by atoms with Crippen molar-refractivity contribution in [2.75, 3.05) is 17.7 Å². The number of aryl methyl sites for hydroxylation is 1. The van der Waals surface area contributed by atoms with Crippen LogP contribution in [0, 0.1) is 0 Å². The van der Waals surface area contributed by atoms with Crippen molar-refractivity contribution < 1.29 is 36.3 Å². The summed E-state index contributed by atoms with van der Waals surface area (Å²) in [6, 6.07) is 4.27. The van der Waals surface area contributed by atoms with Gasteiger partial charge in [-0.3, -0.25) is 9.48 Å². The van der Waals surface area contributed by atoms with Crippen LogP contribution in [-0.2, 0) is 21.6 Å². The molecule has 0 unspecified atom stereocenters. The highest BCUT2D eigenvalue weighted by Gasteiger charge is 2.56. The van der Waals surface area contributed by atoms with Crippen molar-refractivity contribution in [2.45, 2.75) is 44.5 Å². The minimum absolute atomic E-state index is 0.00213. The Morgan fingerprint density at radius 2 is 1.97 bits per heavy atom. The minimum Gasteiger partial charge on any atom is -0.450 e. The van der Waals surface area contributed by atoms with E-state index in [4.69, 9.17) is 22.1 Å². The van der Waals surface area contributed by atoms with E-state index < -0.39 is 42.6 Å². The van der Waals surface area contributed by atoms with Gasteiger partial charge in [-0.1, -0.05) is 11.6 Å². The molecule has 3 aromatic rings. The number of alkyl halides is 5. The van der Waals surface area contributed by atoms with Gasteiger partial charge in [0.2, 0.25) is 0 Å². The first-order valence-electron chi connectivity index (χ1n) is 10.7. The quantitative estimate of drug-likeness (QED) is 0.393. The second kappa shape index (κ2) is 8.97. The molecule has 3 heterocycles. The smallest absolute Gasteiger partial charge is 0.450 e. The summed E-state index contributed by atoms with van der Waals surface area (Å²) in [6.45, 7) is 2.20. The highest BCUT2D eigenvalue weighted by molar-refractivity contribution is 6.31. The number of carbonyl (C=O) groups excluding carboxylic acids is 2. The molecule has 37 heavy (non-hydrogen) atoms. The lowest BCUT2D eigenvalue weighted by Crippen LogP contribution is -2.49. The Bertz CT molecular complexity index is 1410. The number of aromatic nitrogens is 4. The summed E-state index contributed by atoms with van der Waals surface area (Å²) < 4.78 is 70.9. The molecule has 0 aliphatic carbocycles. The predicted molar refractivity (Wildman–Crippen MR) is 122 cm³/mol. The molecule has 16 heteroatoms. The van der Waals surface area contributed by atoms with Crippen molar-refractivity contribution >= 4 is 46.1 Å². The number of ether oxygens (including phenoxy) is 1. The highest BCUT2D eigenvalue weighted by Crippen LogP contribution is 2.41. The monoisotopic (exact) mass is 547 g/mol. The maximum Gasteiger partial charge on any atom is 0.453 e. The number of rotatable bonds is 6. The first-order chi connectivity index (χ1) is 17.2. The number of nitrogens with zero attached hydrogens (tertiary/aromatic N) is 4. The van der Waals surface area contributed by atoms with E-state index >= 15 is 0 Å². The molecule has 0 radical (unpaired) electrons. The van der Waals surface area contributed by atoms with Gasteiger partial charge in [0.05, 0.1) is 17.7 Å². The molecule has 10 nitrogen and oxygen atoms in total. The van der Waals surface area contributed by atoms with Gasteiger partial charge in [-0.25, -0.2) is 14.8 Å². The summed E-state index contributed by atoms with van der Waals surface area (Å²) >= 11 is 6.01. The Labute approximate surface area is 210 Å². The summed E-state index contributed by atoms with van der Waals surface area (Å²) in [5.41, 5.74) is 4.67. The maximum absolute atomic E-state index is 13.6. The van der Waals surface area contributed by atoms with Crippen LogP contribution in [0.1, 0.15) is 25.8 Å². The Kier molecular flexibility index (Phi) is 6.38. The maximum atomic E-state index is 13.6. The number of fused-ring (bicyclic) bond motifs is 2. The molecular formula is C21H19ClF5N7O3. The number of halogens is 6. The van der Waals surface area contributed by atoms with Crippen LogP contribution in [0.3, 0.4) is 0 Å². The molecule has 1 aliphatic rings. The first-order valence-corrected chi connectivity index (χ1v) is 11.1. The number of carbonyl (C=O) groups is 2. The fourth-order valence-electron chi connectivity index (χ4n) is 3.87. The second-order valence-corrected chi connectivity index (χ2v) is 8.70. The molecule has 0 fully saturated rings. The van der Waals surface area contributed by atoms with Gasteiger partial charge in [0.1, 0.15) is 17.3 Å². The van der Waals surface area contributed by atoms with Crippen molar-refractivity contribution in [1.29, 1.82) is 0 Å². The van der Waals surface area contributed by atoms with E-state index in [1.807, 2.05) is 0 Å². The molecule has 2 aromatic heterocycles. The van der Waals surface area contributed by atoms with Crippen LogP contribution < -0.4 is 16.4 Å². The Morgan fingerprint density at radius 1 is 1.27 bits per heavy atom. The molecule has 0 spiro atoms. The van der Waals surface area contributed by atoms with Crippen molar-refractivity contribution in [2.24, 2.45) is 0 Å². The van der Waals surface area contributed by atoms with Crippen molar-refractivity contribution in [3.8, 4) is 11.5 Å². The highest BCUT2D eigenvalue weighted by atomic mass is 35.5. The average Bonchev–Trinajstić information content (AvgIpc) is 3.26. The van der Waals surface area contributed by atoms with Crippen LogP contribution in [0.5, 0.6) is 0 Å². The summed E-state index contributed by atoms with van der Waals surface area (Å²) in [5.74, 6) is -6.03. The van der Waals surface area contributed by atoms with E-state index in [2.05, 4.69) is 25.7 Å². The summed E-state index contributed by atoms with van der Waals surface area (Å²) in [7, 11) is 0. The van der Waals surface area contributed by atoms with E-state index in [0.717, 1.165) is 4.68 Å². The molecule has 4 rings (SSSR count). The number of anilines is 2. The van der Waals surface area contributed by atoms with E-state index in [1.165, 1.54) is 25.1 Å². The molecule has 2 amide bonds. The molecule has 0 bridgehead atoms. The number of alkyl carbamates (subject to hydrolysis) is 1. The molecule has 1 aliphatic heterocycles. The molecule has 4 N–H and O–H groups in total. The van der Waals surface area contributed by atoms with Crippen LogP contribution in [-0.4, -0.2) is 50.5 Å². The normalized spacial score (nSPS) is 17.6. The summed E-state index contributed by atoms with van der Waals surface area (Å²) in [6.07, 6.45) is -8.18. The number of amides is 2. The topological polar surface area (TPSA) is 137 Å². The number of hydrogen-bond acceptors (Lipinski definition) is 7. The van der Waals surface area contributed by atoms with Gasteiger partial charge < -0.3 is 21.1 Å². The lowest BCUT2D eigenvalue weighted by Gasteiger charge is -2.23. The van der Waals surface area contributed by atoms with Crippen LogP contribution in [0.25, 0.3) is 22.4 Å². The number of benzene rings is 1. The third-order valence-corrected chi connectivity index (χ3v) is 5.96. The van der Waals surface area contributed by atoms with Crippen molar-refractivity contribution in [3.63, 3.8) is 0 Å². The summed E-state index contributed by atoms with van der Waals surface area (Å²) in [5, 5.41) is 9.53. The Hall–Kier alpha value is -3.75. The third kappa shape index (κ3) is 4.58. The van der Waals surface area contributed by atoms with Gasteiger partial charge in [-0.2, -0.15) is 27.1 Å². The molecular weight excluding hydrogens is 529 g/mol. The molecule has 0 saturated carbocycles. The standard InChI is InChI=1S/C21H19ClF5N7O3/c1-3-37-18(36)32-19(2)12-14(28)29-16(30-15(12)31-17(19)35)13-10-5-4-9(22)8-11(10)34(33-13)7-6-20(23,24)21(25,26)27/h4-5,8H,3,6-7H2,1-2H3,(H,32,36)(H3,28,29,30,31,35)/t19-/m0/s1. The molecule has 1 atom stereocenters. The van der Waals surface area contributed by atoms with E-state index in [1.54, 1.807) is 6.92 Å². The minimum atomic E-state index is -5.73. The first kappa shape index (κ1) is 26.3. The van der Waals surface area contributed by atoms with E-state index in [0.29, 0.717) is 0 Å². The molecule has 1 aromatic carbocycles. The zero-order chi connectivity index (χ0) is 27.3. The molecule has 198 valence electrons. The van der Waals surface area contributed by atoms with Crippen molar-refractivity contribution in [3.05, 3.63) is 28.8 Å². The van der Waals surface area contributed by atoms with Gasteiger partial charge in [0, 0.05) is 23.4 Å². The van der Waals surface area contributed by atoms with Crippen LogP contribution >= 0.6 is 11.6 Å². The van der Waals surface area contributed by atoms with Gasteiger partial charge in [0.25, 0.3) is 5.91 Å². The van der Waals surface area contributed by atoms with Crippen LogP contribution in [0.2, 0.25) is 5.02 Å². The number of nitrogen functional groups attached to an aromatic ring is 1. The lowest BCUT2D eigenvalue weighted by molar-refractivity contribution is -0.285. The fraction of sp³-hybridized carbons (Fsp3) is 0.381. The zero-order valence-corrected chi connectivity index (χ0v) is 20.0. The number of nitrogens with one attached hydrogen (secondary N) is 2. The molecule has 0 saturated heterocycles. The van der Waals surface area contributed by atoms with Gasteiger partial charge >= 0.3 is 18.2 Å².